The Balaban J connectivity index is 2.23. The van der Waals surface area contributed by atoms with Crippen molar-refractivity contribution in [3.63, 3.8) is 0 Å². The number of hydrogen-bond acceptors (Lipinski definition) is 7. The normalized spacial score (nSPS) is 11.2. The molecule has 0 spiro atoms. The minimum Gasteiger partial charge on any atom is -0.476 e. The molecule has 2 aromatic rings. The van der Waals surface area contributed by atoms with Gasteiger partial charge < -0.3 is 15.7 Å². The van der Waals surface area contributed by atoms with Crippen molar-refractivity contribution < 1.29 is 14.7 Å². The molecule has 0 amide bonds. The zero-order valence-corrected chi connectivity index (χ0v) is 9.79. The third kappa shape index (κ3) is 2.80. The van der Waals surface area contributed by atoms with Crippen molar-refractivity contribution in [3.8, 4) is 5.75 Å². The van der Waals surface area contributed by atoms with Crippen molar-refractivity contribution in [2.75, 3.05) is 5.73 Å². The molecule has 0 aliphatic rings. The van der Waals surface area contributed by atoms with Crippen LogP contribution in [0.2, 0.25) is 0 Å². The molecular formula is C10H8N4O3S. The fourth-order valence-corrected chi connectivity index (χ4v) is 1.52. The van der Waals surface area contributed by atoms with Crippen LogP contribution in [0.1, 0.15) is 5.82 Å². The van der Waals surface area contributed by atoms with Crippen molar-refractivity contribution in [1.82, 2.24) is 9.36 Å². The van der Waals surface area contributed by atoms with E-state index in [0.29, 0.717) is 5.75 Å². The van der Waals surface area contributed by atoms with Gasteiger partial charge in [-0.2, -0.15) is 9.36 Å². The molecule has 0 bridgehead atoms. The number of benzene rings is 1. The van der Waals surface area contributed by atoms with E-state index in [4.69, 9.17) is 15.7 Å². The predicted molar refractivity (Wildman–Crippen MR) is 65.6 cm³/mol. The fraction of sp³-hybridized carbons (Fsp3) is 0. The number of nitrogen functional groups attached to an aromatic ring is 1. The molecule has 0 atom stereocenters. The predicted octanol–water partition coefficient (Wildman–Crippen LogP) is 0.988. The van der Waals surface area contributed by atoms with E-state index in [0.717, 1.165) is 11.5 Å². The van der Waals surface area contributed by atoms with Gasteiger partial charge in [0.2, 0.25) is 11.5 Å². The van der Waals surface area contributed by atoms with Crippen LogP contribution in [0, 0.1) is 0 Å². The smallest absolute Gasteiger partial charge is 0.362 e. The van der Waals surface area contributed by atoms with E-state index in [1.165, 1.54) is 0 Å². The van der Waals surface area contributed by atoms with Gasteiger partial charge in [0.25, 0.3) is 0 Å². The Morgan fingerprint density at radius 2 is 2.11 bits per heavy atom. The second-order valence-electron chi connectivity index (χ2n) is 3.11. The first-order valence-electron chi connectivity index (χ1n) is 4.79. The zero-order valence-electron chi connectivity index (χ0n) is 8.98. The number of rotatable bonds is 4. The van der Waals surface area contributed by atoms with Crippen molar-refractivity contribution in [2.24, 2.45) is 5.16 Å². The van der Waals surface area contributed by atoms with E-state index >= 15 is 0 Å². The minimum atomic E-state index is -1.29. The maximum Gasteiger partial charge on any atom is 0.362 e. The van der Waals surface area contributed by atoms with Crippen LogP contribution >= 0.6 is 11.5 Å². The second kappa shape index (κ2) is 5.23. The van der Waals surface area contributed by atoms with Crippen LogP contribution < -0.4 is 10.6 Å². The highest BCUT2D eigenvalue weighted by Gasteiger charge is 2.19. The number of nitrogens with two attached hydrogens (primary N) is 1. The maximum atomic E-state index is 11.0. The van der Waals surface area contributed by atoms with Gasteiger partial charge in [0, 0.05) is 11.5 Å². The Morgan fingerprint density at radius 1 is 1.39 bits per heavy atom. The Morgan fingerprint density at radius 3 is 2.67 bits per heavy atom. The third-order valence-electron chi connectivity index (χ3n) is 1.84. The molecule has 1 heterocycles. The van der Waals surface area contributed by atoms with E-state index < -0.39 is 11.7 Å². The standard InChI is InChI=1S/C10H8N4O3S/c11-10-12-8(14-18-10)7(9(15)16)13-17-6-4-2-1-3-5-6/h1-5H,(H,15,16)(H2,11,12,14). The molecule has 1 aromatic carbocycles. The highest BCUT2D eigenvalue weighted by atomic mass is 32.1. The van der Waals surface area contributed by atoms with Gasteiger partial charge in [-0.25, -0.2) is 4.79 Å². The highest BCUT2D eigenvalue weighted by molar-refractivity contribution is 7.09. The lowest BCUT2D eigenvalue weighted by Gasteiger charge is -1.98. The van der Waals surface area contributed by atoms with Gasteiger partial charge in [-0.05, 0) is 12.1 Å². The van der Waals surface area contributed by atoms with Gasteiger partial charge in [-0.3, -0.25) is 0 Å². The summed E-state index contributed by atoms with van der Waals surface area (Å²) in [4.78, 5) is 19.7. The van der Waals surface area contributed by atoms with E-state index in [1.807, 2.05) is 0 Å². The SMILES string of the molecule is Nc1nc(C(=NOc2ccccc2)C(=O)O)ns1. The average Bonchev–Trinajstić information content (AvgIpc) is 2.77. The van der Waals surface area contributed by atoms with E-state index in [-0.39, 0.29) is 11.0 Å². The van der Waals surface area contributed by atoms with Crippen molar-refractivity contribution in [1.29, 1.82) is 0 Å². The van der Waals surface area contributed by atoms with Gasteiger partial charge in [0.1, 0.15) is 0 Å². The zero-order chi connectivity index (χ0) is 13.0. The summed E-state index contributed by atoms with van der Waals surface area (Å²) in [6.07, 6.45) is 0. The van der Waals surface area contributed by atoms with Crippen LogP contribution in [-0.4, -0.2) is 26.1 Å². The summed E-state index contributed by atoms with van der Waals surface area (Å²) in [6.45, 7) is 0. The summed E-state index contributed by atoms with van der Waals surface area (Å²) in [5.74, 6) is -0.941. The van der Waals surface area contributed by atoms with Crippen LogP contribution in [0.15, 0.2) is 35.5 Å². The Hall–Kier alpha value is -2.48. The molecule has 0 saturated heterocycles. The lowest BCUT2D eigenvalue weighted by Crippen LogP contribution is -2.17. The van der Waals surface area contributed by atoms with Crippen LogP contribution in [0.5, 0.6) is 5.75 Å². The molecule has 0 aliphatic carbocycles. The largest absolute Gasteiger partial charge is 0.476 e. The number of carboxylic acid groups (broad SMARTS) is 1. The molecule has 18 heavy (non-hydrogen) atoms. The van der Waals surface area contributed by atoms with Crippen molar-refractivity contribution in [2.45, 2.75) is 0 Å². The number of para-hydroxylation sites is 1. The lowest BCUT2D eigenvalue weighted by atomic mass is 10.3. The molecule has 8 heteroatoms. The van der Waals surface area contributed by atoms with Gasteiger partial charge in [-0.15, -0.1) is 0 Å². The highest BCUT2D eigenvalue weighted by Crippen LogP contribution is 2.11. The molecule has 0 aliphatic heterocycles. The quantitative estimate of drug-likeness (QED) is 0.629. The summed E-state index contributed by atoms with van der Waals surface area (Å²) in [5.41, 5.74) is 4.98. The van der Waals surface area contributed by atoms with Crippen LogP contribution in [-0.2, 0) is 4.79 Å². The van der Waals surface area contributed by atoms with Gasteiger partial charge in [0.15, 0.2) is 10.9 Å². The summed E-state index contributed by atoms with van der Waals surface area (Å²) in [6, 6.07) is 8.57. The van der Waals surface area contributed by atoms with Gasteiger partial charge >= 0.3 is 5.97 Å². The molecule has 3 N–H and O–H groups in total. The lowest BCUT2D eigenvalue weighted by molar-refractivity contribution is -0.129. The first kappa shape index (κ1) is 12.0. The molecule has 0 radical (unpaired) electrons. The number of hydrogen-bond donors (Lipinski definition) is 2. The van der Waals surface area contributed by atoms with Crippen molar-refractivity contribution >= 4 is 28.3 Å². The van der Waals surface area contributed by atoms with E-state index in [2.05, 4.69) is 14.5 Å². The molecule has 0 saturated carbocycles. The molecule has 7 nitrogen and oxygen atoms in total. The van der Waals surface area contributed by atoms with Crippen LogP contribution in [0.25, 0.3) is 0 Å². The molecule has 92 valence electrons. The molecular weight excluding hydrogens is 256 g/mol. The average molecular weight is 264 g/mol. The molecule has 2 rings (SSSR count). The van der Waals surface area contributed by atoms with Crippen molar-refractivity contribution in [3.05, 3.63) is 36.2 Å². The van der Waals surface area contributed by atoms with E-state index in [9.17, 15) is 4.79 Å². The number of anilines is 1. The fourth-order valence-electron chi connectivity index (χ4n) is 1.09. The number of carbonyl (C=O) groups is 1. The number of aliphatic carboxylic acids is 1. The van der Waals surface area contributed by atoms with Crippen LogP contribution in [0.4, 0.5) is 5.13 Å². The first-order valence-corrected chi connectivity index (χ1v) is 5.57. The summed E-state index contributed by atoms with van der Waals surface area (Å²) >= 11 is 0.889. The van der Waals surface area contributed by atoms with Crippen LogP contribution in [0.3, 0.4) is 0 Å². The first-order chi connectivity index (χ1) is 8.66. The monoisotopic (exact) mass is 264 g/mol. The number of nitrogens with zero attached hydrogens (tertiary/aromatic N) is 3. The van der Waals surface area contributed by atoms with Gasteiger partial charge in [0.05, 0.1) is 0 Å². The topological polar surface area (TPSA) is 111 Å². The molecule has 0 unspecified atom stereocenters. The minimum absolute atomic E-state index is 0.0686. The number of oxime groups is 1. The summed E-state index contributed by atoms with van der Waals surface area (Å²) < 4.78 is 3.76. The second-order valence-corrected chi connectivity index (χ2v) is 3.89. The Bertz CT molecular complexity index is 582. The molecule has 1 aromatic heterocycles. The third-order valence-corrected chi connectivity index (χ3v) is 2.38. The maximum absolute atomic E-state index is 11.0. The molecule has 0 fully saturated rings. The number of carboxylic acids is 1. The Labute approximate surface area is 106 Å². The van der Waals surface area contributed by atoms with E-state index in [1.54, 1.807) is 30.3 Å². The summed E-state index contributed by atoms with van der Waals surface area (Å²) in [5, 5.41) is 12.7. The summed E-state index contributed by atoms with van der Waals surface area (Å²) in [7, 11) is 0. The number of aromatic nitrogens is 2. The van der Waals surface area contributed by atoms with Gasteiger partial charge in [-0.1, -0.05) is 23.4 Å². The Kier molecular flexibility index (Phi) is 3.49.